The third kappa shape index (κ3) is 5.21. The molecule has 0 spiro atoms. The zero-order chi connectivity index (χ0) is 13.6. The number of benzene rings is 1. The van der Waals surface area contributed by atoms with Gasteiger partial charge in [-0.25, -0.2) is 8.42 Å². The van der Waals surface area contributed by atoms with Gasteiger partial charge in [0, 0.05) is 0 Å². The first-order chi connectivity index (χ1) is 8.42. The molecule has 0 radical (unpaired) electrons. The van der Waals surface area contributed by atoms with Crippen molar-refractivity contribution in [2.75, 3.05) is 5.75 Å². The second-order valence-electron chi connectivity index (χ2n) is 5.38. The summed E-state index contributed by atoms with van der Waals surface area (Å²) in [7, 11) is -3.08. The van der Waals surface area contributed by atoms with Crippen LogP contribution in [-0.2, 0) is 9.84 Å². The van der Waals surface area contributed by atoms with E-state index in [1.807, 2.05) is 19.1 Å². The highest BCUT2D eigenvalue weighted by molar-refractivity contribution is 7.91. The van der Waals surface area contributed by atoms with Gasteiger partial charge in [-0.2, -0.15) is 0 Å². The summed E-state index contributed by atoms with van der Waals surface area (Å²) in [5, 5.41) is 0. The third-order valence-electron chi connectivity index (χ3n) is 3.07. The Hall–Kier alpha value is -0.830. The second kappa shape index (κ2) is 6.93. The van der Waals surface area contributed by atoms with E-state index in [9.17, 15) is 8.42 Å². The van der Waals surface area contributed by atoms with Crippen LogP contribution in [0.2, 0.25) is 0 Å². The standard InChI is InChI=1S/C15H24O2S/c1-13(2)7-5-4-6-12-18(16,17)15-10-8-14(3)9-11-15/h8-11,13H,4-7,12H2,1-3H3. The van der Waals surface area contributed by atoms with E-state index in [4.69, 9.17) is 0 Å². The molecule has 0 fully saturated rings. The van der Waals surface area contributed by atoms with Gasteiger partial charge in [-0.15, -0.1) is 0 Å². The lowest BCUT2D eigenvalue weighted by atomic mass is 10.1. The molecule has 0 saturated heterocycles. The van der Waals surface area contributed by atoms with Crippen LogP contribution in [0.1, 0.15) is 45.1 Å². The van der Waals surface area contributed by atoms with Crippen molar-refractivity contribution in [3.05, 3.63) is 29.8 Å². The zero-order valence-electron chi connectivity index (χ0n) is 11.6. The SMILES string of the molecule is Cc1ccc(S(=O)(=O)CCCCCC(C)C)cc1. The summed E-state index contributed by atoms with van der Waals surface area (Å²) < 4.78 is 24.1. The molecular formula is C15H24O2S. The van der Waals surface area contributed by atoms with Crippen molar-refractivity contribution in [3.63, 3.8) is 0 Å². The molecule has 0 N–H and O–H groups in total. The molecule has 0 unspecified atom stereocenters. The third-order valence-corrected chi connectivity index (χ3v) is 4.89. The van der Waals surface area contributed by atoms with Crippen molar-refractivity contribution >= 4 is 9.84 Å². The number of sulfone groups is 1. The number of rotatable bonds is 7. The first kappa shape index (κ1) is 15.2. The van der Waals surface area contributed by atoms with E-state index in [2.05, 4.69) is 13.8 Å². The first-order valence-electron chi connectivity index (χ1n) is 6.71. The normalized spacial score (nSPS) is 12.0. The van der Waals surface area contributed by atoms with Gasteiger partial charge < -0.3 is 0 Å². The van der Waals surface area contributed by atoms with E-state index in [-0.39, 0.29) is 5.75 Å². The molecule has 1 rings (SSSR count). The van der Waals surface area contributed by atoms with Crippen LogP contribution < -0.4 is 0 Å². The Morgan fingerprint density at radius 2 is 1.61 bits per heavy atom. The topological polar surface area (TPSA) is 34.1 Å². The number of hydrogen-bond acceptors (Lipinski definition) is 2. The number of hydrogen-bond donors (Lipinski definition) is 0. The Bertz CT molecular complexity index is 444. The van der Waals surface area contributed by atoms with Crippen molar-refractivity contribution in [2.24, 2.45) is 5.92 Å². The molecule has 0 amide bonds. The van der Waals surface area contributed by atoms with E-state index >= 15 is 0 Å². The molecule has 1 aromatic rings. The lowest BCUT2D eigenvalue weighted by molar-refractivity contribution is 0.532. The second-order valence-corrected chi connectivity index (χ2v) is 7.48. The zero-order valence-corrected chi connectivity index (χ0v) is 12.5. The van der Waals surface area contributed by atoms with Gasteiger partial charge in [-0.05, 0) is 31.4 Å². The maximum absolute atomic E-state index is 12.0. The minimum absolute atomic E-state index is 0.272. The lowest BCUT2D eigenvalue weighted by Gasteiger charge is -2.06. The minimum atomic E-state index is -3.08. The van der Waals surface area contributed by atoms with Gasteiger partial charge in [-0.1, -0.05) is 50.8 Å². The van der Waals surface area contributed by atoms with E-state index in [1.54, 1.807) is 12.1 Å². The van der Waals surface area contributed by atoms with Crippen LogP contribution in [0.25, 0.3) is 0 Å². The van der Waals surface area contributed by atoms with Crippen LogP contribution in [0, 0.1) is 12.8 Å². The summed E-state index contributed by atoms with van der Waals surface area (Å²) in [5.74, 6) is 0.979. The molecule has 2 nitrogen and oxygen atoms in total. The fourth-order valence-electron chi connectivity index (χ4n) is 1.88. The number of unbranched alkanes of at least 4 members (excludes halogenated alkanes) is 2. The molecule has 0 aromatic heterocycles. The Balaban J connectivity index is 2.43. The summed E-state index contributed by atoms with van der Waals surface area (Å²) in [5.41, 5.74) is 1.09. The van der Waals surface area contributed by atoms with Gasteiger partial charge in [0.15, 0.2) is 9.84 Å². The average Bonchev–Trinajstić information content (AvgIpc) is 2.28. The summed E-state index contributed by atoms with van der Waals surface area (Å²) in [6.07, 6.45) is 4.08. The van der Waals surface area contributed by atoms with Crippen LogP contribution in [0.5, 0.6) is 0 Å². The van der Waals surface area contributed by atoms with Crippen molar-refractivity contribution in [1.29, 1.82) is 0 Å². The molecule has 0 aliphatic rings. The highest BCUT2D eigenvalue weighted by Crippen LogP contribution is 2.15. The Kier molecular flexibility index (Phi) is 5.86. The first-order valence-corrected chi connectivity index (χ1v) is 8.36. The fraction of sp³-hybridized carbons (Fsp3) is 0.600. The Labute approximate surface area is 111 Å². The van der Waals surface area contributed by atoms with Crippen LogP contribution >= 0.6 is 0 Å². The summed E-state index contributed by atoms with van der Waals surface area (Å²) in [6, 6.07) is 7.12. The molecule has 18 heavy (non-hydrogen) atoms. The van der Waals surface area contributed by atoms with E-state index in [1.165, 1.54) is 6.42 Å². The van der Waals surface area contributed by atoms with Gasteiger partial charge in [0.2, 0.25) is 0 Å². The summed E-state index contributed by atoms with van der Waals surface area (Å²) in [6.45, 7) is 6.36. The molecule has 0 aliphatic heterocycles. The average molecular weight is 268 g/mol. The van der Waals surface area contributed by atoms with Crippen LogP contribution in [-0.4, -0.2) is 14.2 Å². The van der Waals surface area contributed by atoms with Gasteiger partial charge in [0.1, 0.15) is 0 Å². The largest absolute Gasteiger partial charge is 0.224 e. The fourth-order valence-corrected chi connectivity index (χ4v) is 3.26. The highest BCUT2D eigenvalue weighted by Gasteiger charge is 2.13. The maximum Gasteiger partial charge on any atom is 0.178 e. The molecular weight excluding hydrogens is 244 g/mol. The van der Waals surface area contributed by atoms with E-state index in [0.29, 0.717) is 10.8 Å². The van der Waals surface area contributed by atoms with Gasteiger partial charge in [0.25, 0.3) is 0 Å². The Morgan fingerprint density at radius 1 is 1.00 bits per heavy atom. The van der Waals surface area contributed by atoms with Gasteiger partial charge >= 0.3 is 0 Å². The van der Waals surface area contributed by atoms with Crippen LogP contribution in [0.3, 0.4) is 0 Å². The highest BCUT2D eigenvalue weighted by atomic mass is 32.2. The molecule has 0 heterocycles. The van der Waals surface area contributed by atoms with Crippen molar-refractivity contribution in [3.8, 4) is 0 Å². The van der Waals surface area contributed by atoms with E-state index < -0.39 is 9.84 Å². The predicted molar refractivity (Wildman–Crippen MR) is 76.5 cm³/mol. The monoisotopic (exact) mass is 268 g/mol. The molecule has 0 aliphatic carbocycles. The minimum Gasteiger partial charge on any atom is -0.224 e. The van der Waals surface area contributed by atoms with Crippen LogP contribution in [0.4, 0.5) is 0 Å². The number of aryl methyl sites for hydroxylation is 1. The van der Waals surface area contributed by atoms with Gasteiger partial charge in [-0.3, -0.25) is 0 Å². The van der Waals surface area contributed by atoms with E-state index in [0.717, 1.165) is 24.8 Å². The molecule has 0 bridgehead atoms. The molecule has 1 aromatic carbocycles. The van der Waals surface area contributed by atoms with Crippen molar-refractivity contribution in [1.82, 2.24) is 0 Å². The molecule has 0 atom stereocenters. The molecule has 0 saturated carbocycles. The Morgan fingerprint density at radius 3 is 2.17 bits per heavy atom. The quantitative estimate of drug-likeness (QED) is 0.701. The molecule has 102 valence electrons. The molecule has 3 heteroatoms. The smallest absolute Gasteiger partial charge is 0.178 e. The lowest BCUT2D eigenvalue weighted by Crippen LogP contribution is -2.06. The maximum atomic E-state index is 12.0. The van der Waals surface area contributed by atoms with Crippen LogP contribution in [0.15, 0.2) is 29.2 Å². The summed E-state index contributed by atoms with van der Waals surface area (Å²) >= 11 is 0. The summed E-state index contributed by atoms with van der Waals surface area (Å²) in [4.78, 5) is 0.456. The van der Waals surface area contributed by atoms with Gasteiger partial charge in [0.05, 0.1) is 10.6 Å². The predicted octanol–water partition coefficient (Wildman–Crippen LogP) is 3.99. The van der Waals surface area contributed by atoms with Crippen molar-refractivity contribution < 1.29 is 8.42 Å². The van der Waals surface area contributed by atoms with Crippen molar-refractivity contribution in [2.45, 2.75) is 51.3 Å².